The lowest BCUT2D eigenvalue weighted by Gasteiger charge is -2.13. The molecule has 2 unspecified atom stereocenters. The van der Waals surface area contributed by atoms with Crippen LogP contribution in [0.3, 0.4) is 0 Å². The van der Waals surface area contributed by atoms with Crippen LogP contribution < -0.4 is 10.6 Å². The van der Waals surface area contributed by atoms with E-state index < -0.39 is 0 Å². The number of hydrogen-bond acceptors (Lipinski definition) is 2. The number of rotatable bonds is 6. The Balaban J connectivity index is 1.53. The van der Waals surface area contributed by atoms with Gasteiger partial charge >= 0.3 is 0 Å². The molecule has 0 bridgehead atoms. The van der Waals surface area contributed by atoms with Gasteiger partial charge in [0, 0.05) is 12.2 Å². The number of hydrogen-bond donors (Lipinski definition) is 2. The van der Waals surface area contributed by atoms with Gasteiger partial charge in [0.15, 0.2) is 0 Å². The van der Waals surface area contributed by atoms with Crippen molar-refractivity contribution in [2.24, 2.45) is 11.8 Å². The monoisotopic (exact) mass is 336 g/mol. The number of amides is 2. The molecule has 2 atom stereocenters. The van der Waals surface area contributed by atoms with E-state index in [0.717, 1.165) is 16.8 Å². The summed E-state index contributed by atoms with van der Waals surface area (Å²) in [5.74, 6) is -0.208. The van der Waals surface area contributed by atoms with Crippen molar-refractivity contribution in [3.8, 4) is 0 Å². The van der Waals surface area contributed by atoms with Crippen molar-refractivity contribution < 1.29 is 9.59 Å². The van der Waals surface area contributed by atoms with E-state index in [4.69, 9.17) is 0 Å². The van der Waals surface area contributed by atoms with E-state index in [1.807, 2.05) is 54.6 Å². The summed E-state index contributed by atoms with van der Waals surface area (Å²) >= 11 is 0. The molecule has 0 aliphatic heterocycles. The Hall–Kier alpha value is -2.62. The van der Waals surface area contributed by atoms with Crippen LogP contribution in [0, 0.1) is 11.8 Å². The first-order valence-corrected chi connectivity index (χ1v) is 8.77. The van der Waals surface area contributed by atoms with Crippen LogP contribution in [-0.4, -0.2) is 11.8 Å². The highest BCUT2D eigenvalue weighted by Gasteiger charge is 2.48. The summed E-state index contributed by atoms with van der Waals surface area (Å²) in [7, 11) is 0. The predicted octanol–water partition coefficient (Wildman–Crippen LogP) is 3.70. The van der Waals surface area contributed by atoms with Gasteiger partial charge < -0.3 is 10.6 Å². The fourth-order valence-corrected chi connectivity index (χ4v) is 3.03. The Morgan fingerprint density at radius 1 is 0.960 bits per heavy atom. The average molecular weight is 336 g/mol. The Morgan fingerprint density at radius 2 is 1.60 bits per heavy atom. The molecule has 2 aromatic carbocycles. The minimum Gasteiger partial charge on any atom is -0.352 e. The highest BCUT2D eigenvalue weighted by molar-refractivity contribution is 6.00. The molecule has 0 heterocycles. The normalized spacial score (nSPS) is 18.7. The smallest absolute Gasteiger partial charge is 0.228 e. The molecule has 1 fully saturated rings. The third kappa shape index (κ3) is 4.27. The SMILES string of the molecule is CC(C)c1ccccc1NC(=O)C1CC1C(=O)NCc1ccccc1. The molecule has 0 aromatic heterocycles. The highest BCUT2D eigenvalue weighted by atomic mass is 16.2. The molecule has 0 radical (unpaired) electrons. The molecule has 130 valence electrons. The molecule has 2 aromatic rings. The number of nitrogens with one attached hydrogen (secondary N) is 2. The summed E-state index contributed by atoms with van der Waals surface area (Å²) in [6.45, 7) is 4.70. The Bertz CT molecular complexity index is 756. The number of anilines is 1. The largest absolute Gasteiger partial charge is 0.352 e. The van der Waals surface area contributed by atoms with Gasteiger partial charge in [-0.25, -0.2) is 0 Å². The molecule has 0 spiro atoms. The van der Waals surface area contributed by atoms with Gasteiger partial charge in [0.1, 0.15) is 0 Å². The second-order valence-corrected chi connectivity index (χ2v) is 6.88. The Morgan fingerprint density at radius 3 is 2.32 bits per heavy atom. The summed E-state index contributed by atoms with van der Waals surface area (Å²) in [6, 6.07) is 17.6. The maximum Gasteiger partial charge on any atom is 0.228 e. The van der Waals surface area contributed by atoms with Gasteiger partial charge in [-0.05, 0) is 29.5 Å². The van der Waals surface area contributed by atoms with Gasteiger partial charge in [-0.3, -0.25) is 9.59 Å². The van der Waals surface area contributed by atoms with Gasteiger partial charge in [0.05, 0.1) is 11.8 Å². The molecular weight excluding hydrogens is 312 g/mol. The van der Waals surface area contributed by atoms with Crippen LogP contribution in [0.2, 0.25) is 0 Å². The number of para-hydroxylation sites is 1. The predicted molar refractivity (Wildman–Crippen MR) is 99.0 cm³/mol. The summed E-state index contributed by atoms with van der Waals surface area (Å²) < 4.78 is 0. The molecule has 3 rings (SSSR count). The van der Waals surface area contributed by atoms with E-state index in [1.54, 1.807) is 0 Å². The number of carbonyl (C=O) groups excluding carboxylic acids is 2. The zero-order valence-electron chi connectivity index (χ0n) is 14.7. The first kappa shape index (κ1) is 17.2. The molecule has 4 heteroatoms. The van der Waals surface area contributed by atoms with Crippen LogP contribution in [0.5, 0.6) is 0 Å². The van der Waals surface area contributed by atoms with E-state index in [9.17, 15) is 9.59 Å². The number of benzene rings is 2. The van der Waals surface area contributed by atoms with Crippen molar-refractivity contribution in [2.45, 2.75) is 32.7 Å². The summed E-state index contributed by atoms with van der Waals surface area (Å²) in [4.78, 5) is 24.7. The lowest BCUT2D eigenvalue weighted by Crippen LogP contribution is -2.27. The van der Waals surface area contributed by atoms with Gasteiger partial charge in [0.25, 0.3) is 0 Å². The lowest BCUT2D eigenvalue weighted by molar-refractivity contribution is -0.125. The summed E-state index contributed by atoms with van der Waals surface area (Å²) in [6.07, 6.45) is 0.621. The summed E-state index contributed by atoms with van der Waals surface area (Å²) in [5, 5.41) is 5.91. The van der Waals surface area contributed by atoms with Gasteiger partial charge in [-0.15, -0.1) is 0 Å². The topological polar surface area (TPSA) is 58.2 Å². The van der Waals surface area contributed by atoms with Crippen LogP contribution in [0.15, 0.2) is 54.6 Å². The first-order chi connectivity index (χ1) is 12.1. The van der Waals surface area contributed by atoms with Gasteiger partial charge in [0.2, 0.25) is 11.8 Å². The van der Waals surface area contributed by atoms with Crippen molar-refractivity contribution in [2.75, 3.05) is 5.32 Å². The van der Waals surface area contributed by atoms with Crippen molar-refractivity contribution in [3.63, 3.8) is 0 Å². The standard InChI is InChI=1S/C21H24N2O2/c1-14(2)16-10-6-7-11-19(16)23-21(25)18-12-17(18)20(24)22-13-15-8-4-3-5-9-15/h3-11,14,17-18H,12-13H2,1-2H3,(H,22,24)(H,23,25). The fraction of sp³-hybridized carbons (Fsp3) is 0.333. The molecule has 1 saturated carbocycles. The number of carbonyl (C=O) groups is 2. The highest BCUT2D eigenvalue weighted by Crippen LogP contribution is 2.40. The van der Waals surface area contributed by atoms with Gasteiger partial charge in [-0.1, -0.05) is 62.4 Å². The Labute approximate surface area is 148 Å². The van der Waals surface area contributed by atoms with Crippen molar-refractivity contribution in [1.29, 1.82) is 0 Å². The molecule has 0 saturated heterocycles. The molecule has 4 nitrogen and oxygen atoms in total. The fourth-order valence-electron chi connectivity index (χ4n) is 3.03. The van der Waals surface area contributed by atoms with Crippen LogP contribution in [-0.2, 0) is 16.1 Å². The van der Waals surface area contributed by atoms with Gasteiger partial charge in [-0.2, -0.15) is 0 Å². The van der Waals surface area contributed by atoms with E-state index in [0.29, 0.717) is 18.9 Å². The van der Waals surface area contributed by atoms with Crippen molar-refractivity contribution >= 4 is 17.5 Å². The second-order valence-electron chi connectivity index (χ2n) is 6.88. The van der Waals surface area contributed by atoms with E-state index in [1.165, 1.54) is 0 Å². The van der Waals surface area contributed by atoms with E-state index in [2.05, 4.69) is 24.5 Å². The molecule has 25 heavy (non-hydrogen) atoms. The van der Waals surface area contributed by atoms with Crippen molar-refractivity contribution in [1.82, 2.24) is 5.32 Å². The molecule has 1 aliphatic rings. The average Bonchev–Trinajstić information content (AvgIpc) is 3.42. The first-order valence-electron chi connectivity index (χ1n) is 8.77. The zero-order valence-corrected chi connectivity index (χ0v) is 14.7. The van der Waals surface area contributed by atoms with E-state index >= 15 is 0 Å². The Kier molecular flexibility index (Phi) is 5.17. The minimum atomic E-state index is -0.226. The molecule has 1 aliphatic carbocycles. The van der Waals surface area contributed by atoms with Crippen molar-refractivity contribution in [3.05, 3.63) is 65.7 Å². The minimum absolute atomic E-state index is 0.0406. The van der Waals surface area contributed by atoms with Crippen LogP contribution in [0.25, 0.3) is 0 Å². The van der Waals surface area contributed by atoms with Crippen LogP contribution in [0.4, 0.5) is 5.69 Å². The lowest BCUT2D eigenvalue weighted by atomic mass is 10.0. The molecule has 2 N–H and O–H groups in total. The van der Waals surface area contributed by atoms with Crippen LogP contribution in [0.1, 0.15) is 37.3 Å². The molecular formula is C21H24N2O2. The maximum absolute atomic E-state index is 12.4. The third-order valence-corrected chi connectivity index (χ3v) is 4.61. The quantitative estimate of drug-likeness (QED) is 0.845. The summed E-state index contributed by atoms with van der Waals surface area (Å²) in [5.41, 5.74) is 3.02. The second kappa shape index (κ2) is 7.51. The third-order valence-electron chi connectivity index (χ3n) is 4.61. The molecule has 2 amide bonds. The van der Waals surface area contributed by atoms with E-state index in [-0.39, 0.29) is 23.7 Å². The van der Waals surface area contributed by atoms with Crippen LogP contribution >= 0.6 is 0 Å². The maximum atomic E-state index is 12.4. The zero-order chi connectivity index (χ0) is 17.8.